The van der Waals surface area contributed by atoms with Gasteiger partial charge in [-0.3, -0.25) is 0 Å². The van der Waals surface area contributed by atoms with Gasteiger partial charge in [0.15, 0.2) is 0 Å². The van der Waals surface area contributed by atoms with Gasteiger partial charge in [0, 0.05) is 24.8 Å². The number of benzene rings is 1. The zero-order valence-electron chi connectivity index (χ0n) is 11.7. The molecule has 96 valence electrons. The van der Waals surface area contributed by atoms with Crippen LogP contribution < -0.4 is 10.2 Å². The third-order valence-corrected chi connectivity index (χ3v) is 3.31. The van der Waals surface area contributed by atoms with Crippen molar-refractivity contribution in [1.82, 2.24) is 5.32 Å². The summed E-state index contributed by atoms with van der Waals surface area (Å²) in [4.78, 5) is 2.51. The number of nitrogens with one attached hydrogen (secondary N) is 1. The third-order valence-electron chi connectivity index (χ3n) is 3.31. The van der Waals surface area contributed by atoms with Crippen LogP contribution in [0.15, 0.2) is 24.3 Å². The van der Waals surface area contributed by atoms with E-state index in [0.29, 0.717) is 6.04 Å². The highest BCUT2D eigenvalue weighted by atomic mass is 15.2. The summed E-state index contributed by atoms with van der Waals surface area (Å²) in [5.74, 6) is 0. The predicted molar refractivity (Wildman–Crippen MR) is 76.8 cm³/mol. The van der Waals surface area contributed by atoms with Crippen molar-refractivity contribution in [1.29, 1.82) is 0 Å². The monoisotopic (exact) mass is 234 g/mol. The van der Waals surface area contributed by atoms with Gasteiger partial charge < -0.3 is 10.2 Å². The molecule has 0 aliphatic rings. The lowest BCUT2D eigenvalue weighted by atomic mass is 10.1. The lowest BCUT2D eigenvalue weighted by molar-refractivity contribution is 0.533. The maximum Gasteiger partial charge on any atom is 0.0411 e. The zero-order valence-corrected chi connectivity index (χ0v) is 11.7. The Morgan fingerprint density at radius 1 is 1.18 bits per heavy atom. The van der Waals surface area contributed by atoms with Gasteiger partial charge in [0.1, 0.15) is 0 Å². The van der Waals surface area contributed by atoms with Crippen LogP contribution in [-0.4, -0.2) is 25.7 Å². The fourth-order valence-electron chi connectivity index (χ4n) is 2.30. The van der Waals surface area contributed by atoms with Crippen LogP contribution in [0.5, 0.6) is 0 Å². The Morgan fingerprint density at radius 3 is 2.41 bits per heavy atom. The predicted octanol–water partition coefficient (Wildman–Crippen LogP) is 3.21. The Balaban J connectivity index is 2.85. The molecule has 0 heterocycles. The molecule has 1 unspecified atom stereocenters. The van der Waals surface area contributed by atoms with Crippen LogP contribution in [0.3, 0.4) is 0 Å². The van der Waals surface area contributed by atoms with Crippen molar-refractivity contribution < 1.29 is 0 Å². The van der Waals surface area contributed by atoms with Crippen molar-refractivity contribution in [3.05, 3.63) is 29.8 Å². The Morgan fingerprint density at radius 2 is 1.88 bits per heavy atom. The van der Waals surface area contributed by atoms with Gasteiger partial charge in [0.05, 0.1) is 0 Å². The molecular formula is C15H26N2. The summed E-state index contributed by atoms with van der Waals surface area (Å²) >= 11 is 0. The van der Waals surface area contributed by atoms with Gasteiger partial charge in [0.25, 0.3) is 0 Å². The maximum absolute atomic E-state index is 3.46. The average molecular weight is 234 g/mol. The zero-order chi connectivity index (χ0) is 12.7. The molecule has 2 nitrogen and oxygen atoms in total. The van der Waals surface area contributed by atoms with Gasteiger partial charge in [-0.25, -0.2) is 0 Å². The molecule has 0 aliphatic carbocycles. The van der Waals surface area contributed by atoms with Crippen LogP contribution in [0, 0.1) is 6.92 Å². The Hall–Kier alpha value is -1.02. The van der Waals surface area contributed by atoms with Gasteiger partial charge in [-0.2, -0.15) is 0 Å². The second-order valence-corrected chi connectivity index (χ2v) is 4.44. The molecule has 0 aromatic heterocycles. The highest BCUT2D eigenvalue weighted by Gasteiger charge is 2.16. The largest absolute Gasteiger partial charge is 0.367 e. The van der Waals surface area contributed by atoms with Crippen LogP contribution in [-0.2, 0) is 0 Å². The molecule has 0 saturated carbocycles. The van der Waals surface area contributed by atoms with E-state index < -0.39 is 0 Å². The highest BCUT2D eigenvalue weighted by Crippen LogP contribution is 2.22. The third kappa shape index (κ3) is 3.74. The van der Waals surface area contributed by atoms with E-state index in [-0.39, 0.29) is 0 Å². The van der Waals surface area contributed by atoms with Gasteiger partial charge in [0.2, 0.25) is 0 Å². The Labute approximate surface area is 106 Å². The van der Waals surface area contributed by atoms with E-state index in [2.05, 4.69) is 62.2 Å². The van der Waals surface area contributed by atoms with Crippen LogP contribution in [0.1, 0.15) is 32.8 Å². The normalized spacial score (nSPS) is 12.5. The summed E-state index contributed by atoms with van der Waals surface area (Å²) in [6.07, 6.45) is 1.18. The Bertz CT molecular complexity index is 322. The van der Waals surface area contributed by atoms with Gasteiger partial charge >= 0.3 is 0 Å². The SMILES string of the molecule is CCNCC(CC)N(CC)c1ccccc1C. The minimum Gasteiger partial charge on any atom is -0.367 e. The smallest absolute Gasteiger partial charge is 0.0411 e. The summed E-state index contributed by atoms with van der Waals surface area (Å²) in [5.41, 5.74) is 2.74. The molecule has 1 rings (SSSR count). The Kier molecular flexibility index (Phi) is 6.06. The molecule has 2 heteroatoms. The molecular weight excluding hydrogens is 208 g/mol. The van der Waals surface area contributed by atoms with Crippen LogP contribution >= 0.6 is 0 Å². The van der Waals surface area contributed by atoms with Crippen molar-refractivity contribution in [2.45, 2.75) is 40.2 Å². The van der Waals surface area contributed by atoms with Crippen LogP contribution in [0.2, 0.25) is 0 Å². The number of hydrogen-bond donors (Lipinski definition) is 1. The summed E-state index contributed by atoms with van der Waals surface area (Å²) < 4.78 is 0. The molecule has 0 saturated heterocycles. The molecule has 1 aromatic rings. The number of para-hydroxylation sites is 1. The molecule has 0 aliphatic heterocycles. The van der Waals surface area contributed by atoms with Gasteiger partial charge in [-0.05, 0) is 38.4 Å². The lowest BCUT2D eigenvalue weighted by Gasteiger charge is -2.33. The van der Waals surface area contributed by atoms with E-state index in [9.17, 15) is 0 Å². The molecule has 0 spiro atoms. The van der Waals surface area contributed by atoms with Crippen molar-refractivity contribution in [2.75, 3.05) is 24.5 Å². The first-order valence-electron chi connectivity index (χ1n) is 6.77. The van der Waals surface area contributed by atoms with Crippen LogP contribution in [0.25, 0.3) is 0 Å². The summed E-state index contributed by atoms with van der Waals surface area (Å²) in [6, 6.07) is 9.25. The van der Waals surface area contributed by atoms with Crippen LogP contribution in [0.4, 0.5) is 5.69 Å². The second-order valence-electron chi connectivity index (χ2n) is 4.44. The summed E-state index contributed by atoms with van der Waals surface area (Å²) in [5, 5.41) is 3.46. The number of rotatable bonds is 7. The molecule has 1 N–H and O–H groups in total. The first-order chi connectivity index (χ1) is 8.24. The van der Waals surface area contributed by atoms with Crippen molar-refractivity contribution >= 4 is 5.69 Å². The first kappa shape index (κ1) is 14.0. The van der Waals surface area contributed by atoms with E-state index >= 15 is 0 Å². The highest BCUT2D eigenvalue weighted by molar-refractivity contribution is 5.53. The standard InChI is InChI=1S/C15H26N2/c1-5-14(12-16-6-2)17(7-3)15-11-9-8-10-13(15)4/h8-11,14,16H,5-7,12H2,1-4H3. The van der Waals surface area contributed by atoms with E-state index in [1.54, 1.807) is 0 Å². The number of likely N-dealkylation sites (N-methyl/N-ethyl adjacent to an activating group) is 2. The minimum absolute atomic E-state index is 0.584. The van der Waals surface area contributed by atoms with Crippen molar-refractivity contribution in [3.63, 3.8) is 0 Å². The number of anilines is 1. The number of nitrogens with zero attached hydrogens (tertiary/aromatic N) is 1. The van der Waals surface area contributed by atoms with E-state index in [1.165, 1.54) is 17.7 Å². The van der Waals surface area contributed by atoms with E-state index in [1.807, 2.05) is 0 Å². The van der Waals surface area contributed by atoms with E-state index in [4.69, 9.17) is 0 Å². The topological polar surface area (TPSA) is 15.3 Å². The molecule has 1 atom stereocenters. The second kappa shape index (κ2) is 7.33. The average Bonchev–Trinajstić information content (AvgIpc) is 2.36. The molecule has 0 bridgehead atoms. The van der Waals surface area contributed by atoms with Gasteiger partial charge in [-0.15, -0.1) is 0 Å². The first-order valence-corrected chi connectivity index (χ1v) is 6.77. The number of aryl methyl sites for hydroxylation is 1. The maximum atomic E-state index is 3.46. The molecule has 0 amide bonds. The number of hydrogen-bond acceptors (Lipinski definition) is 2. The molecule has 17 heavy (non-hydrogen) atoms. The quantitative estimate of drug-likeness (QED) is 0.779. The van der Waals surface area contributed by atoms with Crippen molar-refractivity contribution in [3.8, 4) is 0 Å². The molecule has 1 aromatic carbocycles. The fourth-order valence-corrected chi connectivity index (χ4v) is 2.30. The molecule has 0 fully saturated rings. The summed E-state index contributed by atoms with van der Waals surface area (Å²) in [6.45, 7) is 12.0. The lowest BCUT2D eigenvalue weighted by Crippen LogP contribution is -2.42. The minimum atomic E-state index is 0.584. The van der Waals surface area contributed by atoms with E-state index in [0.717, 1.165) is 19.6 Å². The van der Waals surface area contributed by atoms with Gasteiger partial charge in [-0.1, -0.05) is 32.0 Å². The van der Waals surface area contributed by atoms with Crippen molar-refractivity contribution in [2.24, 2.45) is 0 Å². The fraction of sp³-hybridized carbons (Fsp3) is 0.600. The molecule has 0 radical (unpaired) electrons. The summed E-state index contributed by atoms with van der Waals surface area (Å²) in [7, 11) is 0.